The molecule has 5 rings (SSSR count). The van der Waals surface area contributed by atoms with Crippen LogP contribution in [0.3, 0.4) is 0 Å². The van der Waals surface area contributed by atoms with E-state index in [1.54, 1.807) is 0 Å². The SMILES string of the molecule is Cc1nc(C2CCCCN2[C@H]2CCCc3cccnc32)cc(N2CCN(C)CC2)n1. The van der Waals surface area contributed by atoms with Crippen molar-refractivity contribution in [3.8, 4) is 0 Å². The molecule has 6 nitrogen and oxygen atoms in total. The van der Waals surface area contributed by atoms with Crippen LogP contribution in [0.1, 0.15) is 67.0 Å². The smallest absolute Gasteiger partial charge is 0.132 e. The highest BCUT2D eigenvalue weighted by Gasteiger charge is 2.35. The van der Waals surface area contributed by atoms with E-state index in [2.05, 4.69) is 39.9 Å². The fourth-order valence-electron chi connectivity index (χ4n) is 5.49. The number of aryl methyl sites for hydroxylation is 2. The molecule has 1 unspecified atom stereocenters. The summed E-state index contributed by atoms with van der Waals surface area (Å²) in [6, 6.07) is 7.43. The van der Waals surface area contributed by atoms with Gasteiger partial charge in [-0.15, -0.1) is 0 Å². The highest BCUT2D eigenvalue weighted by molar-refractivity contribution is 5.41. The Morgan fingerprint density at radius 3 is 2.63 bits per heavy atom. The Bertz CT molecular complexity index is 876. The lowest BCUT2D eigenvalue weighted by Gasteiger charge is -2.43. The van der Waals surface area contributed by atoms with Crippen molar-refractivity contribution in [1.29, 1.82) is 0 Å². The van der Waals surface area contributed by atoms with Crippen molar-refractivity contribution >= 4 is 5.82 Å². The van der Waals surface area contributed by atoms with Crippen molar-refractivity contribution in [1.82, 2.24) is 24.8 Å². The molecular weight excluding hydrogens is 372 g/mol. The second kappa shape index (κ2) is 8.60. The first-order chi connectivity index (χ1) is 14.7. The summed E-state index contributed by atoms with van der Waals surface area (Å²) in [7, 11) is 2.20. The molecule has 0 amide bonds. The zero-order valence-corrected chi connectivity index (χ0v) is 18.4. The lowest BCUT2D eigenvalue weighted by molar-refractivity contribution is 0.0786. The molecule has 0 aromatic carbocycles. The molecule has 160 valence electrons. The van der Waals surface area contributed by atoms with Crippen LogP contribution in [0.5, 0.6) is 0 Å². The van der Waals surface area contributed by atoms with E-state index in [9.17, 15) is 0 Å². The summed E-state index contributed by atoms with van der Waals surface area (Å²) in [5, 5.41) is 0. The molecule has 1 aliphatic carbocycles. The number of likely N-dealkylation sites (tertiary alicyclic amines) is 1. The molecule has 4 heterocycles. The quantitative estimate of drug-likeness (QED) is 0.777. The molecule has 2 atom stereocenters. The van der Waals surface area contributed by atoms with Gasteiger partial charge in [0.25, 0.3) is 0 Å². The maximum Gasteiger partial charge on any atom is 0.132 e. The van der Waals surface area contributed by atoms with Gasteiger partial charge in [0.2, 0.25) is 0 Å². The van der Waals surface area contributed by atoms with Gasteiger partial charge in [0, 0.05) is 38.4 Å². The summed E-state index contributed by atoms with van der Waals surface area (Å²) < 4.78 is 0. The molecule has 3 aliphatic rings. The van der Waals surface area contributed by atoms with Crippen LogP contribution in [-0.4, -0.2) is 64.5 Å². The van der Waals surface area contributed by atoms with Gasteiger partial charge in [0.15, 0.2) is 0 Å². The van der Waals surface area contributed by atoms with Crippen LogP contribution in [0.4, 0.5) is 5.82 Å². The average Bonchev–Trinajstić information content (AvgIpc) is 2.79. The topological polar surface area (TPSA) is 48.4 Å². The van der Waals surface area contributed by atoms with Crippen molar-refractivity contribution in [2.45, 2.75) is 57.5 Å². The lowest BCUT2D eigenvalue weighted by atomic mass is 9.87. The number of piperazine rings is 1. The van der Waals surface area contributed by atoms with E-state index < -0.39 is 0 Å². The van der Waals surface area contributed by atoms with Gasteiger partial charge in [-0.2, -0.15) is 0 Å². The number of hydrogen-bond acceptors (Lipinski definition) is 6. The zero-order chi connectivity index (χ0) is 20.5. The molecule has 2 aromatic heterocycles. The van der Waals surface area contributed by atoms with Crippen molar-refractivity contribution in [2.24, 2.45) is 0 Å². The third-order valence-corrected chi connectivity index (χ3v) is 7.12. The van der Waals surface area contributed by atoms with Crippen molar-refractivity contribution in [3.63, 3.8) is 0 Å². The van der Waals surface area contributed by atoms with E-state index >= 15 is 0 Å². The highest BCUT2D eigenvalue weighted by atomic mass is 15.3. The Labute approximate surface area is 180 Å². The molecule has 0 spiro atoms. The van der Waals surface area contributed by atoms with Crippen LogP contribution in [0, 0.1) is 6.92 Å². The number of rotatable bonds is 3. The normalized spacial score (nSPS) is 25.9. The predicted molar refractivity (Wildman–Crippen MR) is 120 cm³/mol. The fraction of sp³-hybridized carbons (Fsp3) is 0.625. The lowest BCUT2D eigenvalue weighted by Crippen LogP contribution is -2.45. The summed E-state index contributed by atoms with van der Waals surface area (Å²) >= 11 is 0. The first kappa shape index (κ1) is 19.9. The monoisotopic (exact) mass is 406 g/mol. The summed E-state index contributed by atoms with van der Waals surface area (Å²) in [6.07, 6.45) is 9.31. The summed E-state index contributed by atoms with van der Waals surface area (Å²) in [6.45, 7) is 7.46. The largest absolute Gasteiger partial charge is 0.354 e. The van der Waals surface area contributed by atoms with Crippen molar-refractivity contribution in [2.75, 3.05) is 44.7 Å². The van der Waals surface area contributed by atoms with E-state index in [-0.39, 0.29) is 0 Å². The fourth-order valence-corrected chi connectivity index (χ4v) is 5.49. The van der Waals surface area contributed by atoms with Crippen LogP contribution >= 0.6 is 0 Å². The molecule has 2 aliphatic heterocycles. The van der Waals surface area contributed by atoms with Crippen LogP contribution in [0.15, 0.2) is 24.4 Å². The number of anilines is 1. The van der Waals surface area contributed by atoms with Crippen LogP contribution < -0.4 is 4.90 Å². The van der Waals surface area contributed by atoms with E-state index in [0.717, 1.165) is 44.4 Å². The first-order valence-electron chi connectivity index (χ1n) is 11.7. The molecule has 0 N–H and O–H groups in total. The van der Waals surface area contributed by atoms with E-state index in [4.69, 9.17) is 15.0 Å². The van der Waals surface area contributed by atoms with Gasteiger partial charge >= 0.3 is 0 Å². The van der Waals surface area contributed by atoms with E-state index in [1.807, 2.05) is 13.1 Å². The van der Waals surface area contributed by atoms with Crippen LogP contribution in [-0.2, 0) is 6.42 Å². The molecule has 0 bridgehead atoms. The Balaban J connectivity index is 1.45. The van der Waals surface area contributed by atoms with Gasteiger partial charge in [0.1, 0.15) is 11.6 Å². The molecule has 2 aromatic rings. The molecule has 0 radical (unpaired) electrons. The molecule has 0 saturated carbocycles. The molecule has 2 fully saturated rings. The molecule has 2 saturated heterocycles. The molecule has 30 heavy (non-hydrogen) atoms. The Hall–Kier alpha value is -2.05. The first-order valence-corrected chi connectivity index (χ1v) is 11.7. The number of pyridine rings is 1. The summed E-state index contributed by atoms with van der Waals surface area (Å²) in [4.78, 5) is 22.1. The van der Waals surface area contributed by atoms with Crippen molar-refractivity contribution in [3.05, 3.63) is 47.2 Å². The van der Waals surface area contributed by atoms with Gasteiger partial charge in [0.05, 0.1) is 23.5 Å². The number of fused-ring (bicyclic) bond motifs is 1. The number of likely N-dealkylation sites (N-methyl/N-ethyl adjacent to an activating group) is 1. The molecular formula is C24H34N6. The number of nitrogens with zero attached hydrogens (tertiary/aromatic N) is 6. The van der Waals surface area contributed by atoms with Crippen LogP contribution in [0.25, 0.3) is 0 Å². The Kier molecular flexibility index (Phi) is 5.70. The van der Waals surface area contributed by atoms with E-state index in [1.165, 1.54) is 55.5 Å². The van der Waals surface area contributed by atoms with Crippen LogP contribution in [0.2, 0.25) is 0 Å². The Morgan fingerprint density at radius 2 is 1.77 bits per heavy atom. The number of hydrogen-bond donors (Lipinski definition) is 0. The second-order valence-electron chi connectivity index (χ2n) is 9.19. The van der Waals surface area contributed by atoms with Crippen molar-refractivity contribution < 1.29 is 0 Å². The third-order valence-electron chi connectivity index (χ3n) is 7.12. The number of piperidine rings is 1. The predicted octanol–water partition coefficient (Wildman–Crippen LogP) is 3.54. The minimum atomic E-state index is 0.365. The minimum Gasteiger partial charge on any atom is -0.354 e. The van der Waals surface area contributed by atoms with Gasteiger partial charge < -0.3 is 9.80 Å². The van der Waals surface area contributed by atoms with Gasteiger partial charge in [-0.25, -0.2) is 9.97 Å². The second-order valence-corrected chi connectivity index (χ2v) is 9.19. The van der Waals surface area contributed by atoms with Gasteiger partial charge in [-0.1, -0.05) is 12.5 Å². The standard InChI is InChI=1S/C24H34N6/c1-18-26-20(17-23(27-18)29-15-13-28(2)14-16-29)21-9-3-4-12-30(21)22-10-5-7-19-8-6-11-25-24(19)22/h6,8,11,17,21-22H,3-5,7,9-10,12-16H2,1-2H3/t21?,22-/m0/s1. The highest BCUT2D eigenvalue weighted by Crippen LogP contribution is 2.42. The summed E-state index contributed by atoms with van der Waals surface area (Å²) in [5.41, 5.74) is 3.95. The maximum atomic E-state index is 4.96. The molecule has 6 heteroatoms. The summed E-state index contributed by atoms with van der Waals surface area (Å²) in [5.74, 6) is 2.01. The third kappa shape index (κ3) is 3.95. The van der Waals surface area contributed by atoms with Gasteiger partial charge in [-0.05, 0) is 64.3 Å². The van der Waals surface area contributed by atoms with Gasteiger partial charge in [-0.3, -0.25) is 9.88 Å². The number of aromatic nitrogens is 3. The maximum absolute atomic E-state index is 4.96. The van der Waals surface area contributed by atoms with E-state index in [0.29, 0.717) is 12.1 Å². The average molecular weight is 407 g/mol. The minimum absolute atomic E-state index is 0.365. The zero-order valence-electron chi connectivity index (χ0n) is 18.4. The Morgan fingerprint density at radius 1 is 0.933 bits per heavy atom.